The summed E-state index contributed by atoms with van der Waals surface area (Å²) in [4.78, 5) is 20.7. The summed E-state index contributed by atoms with van der Waals surface area (Å²) in [5, 5.41) is 1.04. The molecular weight excluding hydrogens is 242 g/mol. The Morgan fingerprint density at radius 2 is 1.79 bits per heavy atom. The number of carbonyl (C=O) groups excluding carboxylic acids is 2. The molecular formula is C15H19NO3. The van der Waals surface area contributed by atoms with Crippen molar-refractivity contribution in [3.63, 3.8) is 0 Å². The van der Waals surface area contributed by atoms with E-state index in [-0.39, 0.29) is 6.09 Å². The van der Waals surface area contributed by atoms with Gasteiger partial charge in [-0.2, -0.15) is 0 Å². The third kappa shape index (κ3) is 4.25. The van der Waals surface area contributed by atoms with Crippen molar-refractivity contribution in [1.29, 1.82) is 0 Å². The van der Waals surface area contributed by atoms with Gasteiger partial charge >= 0.3 is 6.09 Å². The van der Waals surface area contributed by atoms with Crippen LogP contribution in [0.15, 0.2) is 36.5 Å². The smallest absolute Gasteiger partial charge is 0.418 e. The molecule has 2 rings (SSSR count). The van der Waals surface area contributed by atoms with E-state index in [0.717, 1.165) is 17.2 Å². The van der Waals surface area contributed by atoms with Gasteiger partial charge in [-0.3, -0.25) is 4.57 Å². The van der Waals surface area contributed by atoms with E-state index in [1.165, 1.54) is 11.5 Å². The summed E-state index contributed by atoms with van der Waals surface area (Å²) in [6.45, 7) is 7.02. The molecule has 1 aromatic heterocycles. The fourth-order valence-corrected chi connectivity index (χ4v) is 1.55. The van der Waals surface area contributed by atoms with Crippen LogP contribution in [0.4, 0.5) is 4.79 Å². The van der Waals surface area contributed by atoms with E-state index in [9.17, 15) is 4.79 Å². The maximum atomic E-state index is 11.9. The lowest BCUT2D eigenvalue weighted by atomic mass is 10.2. The third-order valence-electron chi connectivity index (χ3n) is 2.19. The minimum Gasteiger partial charge on any atom is -0.443 e. The molecule has 0 saturated heterocycles. The average Bonchev–Trinajstić information content (AvgIpc) is 2.71. The number of carbonyl (C=O) groups is 2. The van der Waals surface area contributed by atoms with Crippen LogP contribution in [0, 0.1) is 0 Å². The highest BCUT2D eigenvalue weighted by molar-refractivity contribution is 5.89. The molecule has 102 valence electrons. The summed E-state index contributed by atoms with van der Waals surface area (Å²) in [7, 11) is 0. The van der Waals surface area contributed by atoms with Gasteiger partial charge in [0.15, 0.2) is 0 Å². The van der Waals surface area contributed by atoms with Crippen molar-refractivity contribution < 1.29 is 14.3 Å². The first kappa shape index (κ1) is 15.0. The van der Waals surface area contributed by atoms with Gasteiger partial charge in [0.1, 0.15) is 11.9 Å². The van der Waals surface area contributed by atoms with Gasteiger partial charge in [-0.05, 0) is 39.8 Å². The van der Waals surface area contributed by atoms with Gasteiger partial charge in [0, 0.05) is 11.6 Å². The Kier molecular flexibility index (Phi) is 4.87. The summed E-state index contributed by atoms with van der Waals surface area (Å²) < 4.78 is 6.84. The van der Waals surface area contributed by atoms with Crippen LogP contribution in [0.25, 0.3) is 10.9 Å². The fourth-order valence-electron chi connectivity index (χ4n) is 1.55. The van der Waals surface area contributed by atoms with E-state index >= 15 is 0 Å². The van der Waals surface area contributed by atoms with Crippen molar-refractivity contribution in [2.75, 3.05) is 0 Å². The van der Waals surface area contributed by atoms with E-state index in [1.54, 1.807) is 6.20 Å². The van der Waals surface area contributed by atoms with Crippen molar-refractivity contribution in [3.05, 3.63) is 36.5 Å². The van der Waals surface area contributed by atoms with Crippen LogP contribution in [0.2, 0.25) is 0 Å². The van der Waals surface area contributed by atoms with Crippen LogP contribution >= 0.6 is 0 Å². The molecule has 0 aliphatic rings. The SMILES string of the molecule is CC(C)(C)OC(=O)n1ccc2ccccc21.CC=O. The van der Waals surface area contributed by atoms with Gasteiger partial charge in [-0.15, -0.1) is 0 Å². The zero-order chi connectivity index (χ0) is 14.5. The molecule has 0 saturated carbocycles. The number of hydrogen-bond donors (Lipinski definition) is 0. The molecule has 0 aliphatic heterocycles. The lowest BCUT2D eigenvalue weighted by Crippen LogP contribution is -2.26. The Morgan fingerprint density at radius 1 is 1.21 bits per heavy atom. The second kappa shape index (κ2) is 6.18. The number of benzene rings is 1. The predicted octanol–water partition coefficient (Wildman–Crippen LogP) is 3.63. The number of aldehydes is 1. The second-order valence-electron chi connectivity index (χ2n) is 4.96. The Labute approximate surface area is 113 Å². The minimum atomic E-state index is -0.470. The van der Waals surface area contributed by atoms with Gasteiger partial charge in [0.25, 0.3) is 0 Å². The summed E-state index contributed by atoms with van der Waals surface area (Å²) in [5.41, 5.74) is 0.402. The molecule has 1 aromatic carbocycles. The quantitative estimate of drug-likeness (QED) is 0.680. The molecule has 4 heteroatoms. The molecule has 0 fully saturated rings. The Bertz CT molecular complexity index is 564. The maximum absolute atomic E-state index is 11.9. The minimum absolute atomic E-state index is 0.339. The zero-order valence-electron chi connectivity index (χ0n) is 11.7. The first-order valence-electron chi connectivity index (χ1n) is 6.08. The lowest BCUT2D eigenvalue weighted by molar-refractivity contribution is -0.106. The second-order valence-corrected chi connectivity index (χ2v) is 4.96. The summed E-state index contributed by atoms with van der Waals surface area (Å²) >= 11 is 0. The molecule has 2 aromatic rings. The van der Waals surface area contributed by atoms with Gasteiger partial charge in [-0.1, -0.05) is 18.2 Å². The molecule has 0 spiro atoms. The number of rotatable bonds is 0. The third-order valence-corrected chi connectivity index (χ3v) is 2.19. The lowest BCUT2D eigenvalue weighted by Gasteiger charge is -2.19. The number of nitrogens with zero attached hydrogens (tertiary/aromatic N) is 1. The molecule has 0 atom stereocenters. The van der Waals surface area contributed by atoms with Crippen LogP contribution in [0.3, 0.4) is 0 Å². The molecule has 0 radical (unpaired) electrons. The molecule has 19 heavy (non-hydrogen) atoms. The first-order chi connectivity index (χ1) is 8.89. The predicted molar refractivity (Wildman–Crippen MR) is 75.3 cm³/mol. The highest BCUT2D eigenvalue weighted by atomic mass is 16.6. The van der Waals surface area contributed by atoms with Crippen LogP contribution in [0.5, 0.6) is 0 Å². The van der Waals surface area contributed by atoms with E-state index in [1.807, 2.05) is 51.1 Å². The molecule has 0 N–H and O–H groups in total. The summed E-state index contributed by atoms with van der Waals surface area (Å²) in [5.74, 6) is 0. The Balaban J connectivity index is 0.000000550. The summed E-state index contributed by atoms with van der Waals surface area (Å²) in [6, 6.07) is 9.62. The number of ether oxygens (including phenoxy) is 1. The maximum Gasteiger partial charge on any atom is 0.418 e. The van der Waals surface area contributed by atoms with Crippen molar-refractivity contribution in [2.24, 2.45) is 0 Å². The van der Waals surface area contributed by atoms with Crippen molar-refractivity contribution >= 4 is 23.3 Å². The Morgan fingerprint density at radius 3 is 2.37 bits per heavy atom. The van der Waals surface area contributed by atoms with Crippen LogP contribution in [-0.4, -0.2) is 22.5 Å². The van der Waals surface area contributed by atoms with Crippen LogP contribution in [-0.2, 0) is 9.53 Å². The van der Waals surface area contributed by atoms with Crippen molar-refractivity contribution in [1.82, 2.24) is 4.57 Å². The Hall–Kier alpha value is -2.10. The van der Waals surface area contributed by atoms with E-state index in [0.29, 0.717) is 0 Å². The molecule has 0 amide bonds. The molecule has 0 unspecified atom stereocenters. The van der Waals surface area contributed by atoms with Gasteiger partial charge in [0.05, 0.1) is 5.52 Å². The fraction of sp³-hybridized carbons (Fsp3) is 0.333. The largest absolute Gasteiger partial charge is 0.443 e. The highest BCUT2D eigenvalue weighted by Gasteiger charge is 2.18. The zero-order valence-corrected chi connectivity index (χ0v) is 11.7. The molecule has 0 aliphatic carbocycles. The number of hydrogen-bond acceptors (Lipinski definition) is 3. The van der Waals surface area contributed by atoms with Gasteiger partial charge in [-0.25, -0.2) is 4.79 Å². The van der Waals surface area contributed by atoms with Crippen LogP contribution in [0.1, 0.15) is 27.7 Å². The summed E-state index contributed by atoms with van der Waals surface area (Å²) in [6.07, 6.45) is 2.15. The van der Waals surface area contributed by atoms with Crippen molar-refractivity contribution in [2.45, 2.75) is 33.3 Å². The highest BCUT2D eigenvalue weighted by Crippen LogP contribution is 2.17. The number of para-hydroxylation sites is 1. The standard InChI is InChI=1S/C13H15NO2.C2H4O/c1-13(2,3)16-12(15)14-9-8-10-6-4-5-7-11(10)14;1-2-3/h4-9H,1-3H3;2H,1H3. The molecule has 4 nitrogen and oxygen atoms in total. The normalized spacial score (nSPS) is 10.5. The topological polar surface area (TPSA) is 48.3 Å². The average molecular weight is 261 g/mol. The van der Waals surface area contributed by atoms with Gasteiger partial charge < -0.3 is 9.53 Å². The monoisotopic (exact) mass is 261 g/mol. The van der Waals surface area contributed by atoms with E-state index < -0.39 is 5.60 Å². The first-order valence-corrected chi connectivity index (χ1v) is 6.08. The number of fused-ring (bicyclic) bond motifs is 1. The van der Waals surface area contributed by atoms with E-state index in [4.69, 9.17) is 9.53 Å². The van der Waals surface area contributed by atoms with E-state index in [2.05, 4.69) is 0 Å². The molecule has 0 bridgehead atoms. The van der Waals surface area contributed by atoms with Crippen molar-refractivity contribution in [3.8, 4) is 0 Å². The van der Waals surface area contributed by atoms with Gasteiger partial charge in [0.2, 0.25) is 0 Å². The molecule has 1 heterocycles. The number of aromatic nitrogens is 1. The van der Waals surface area contributed by atoms with Crippen LogP contribution < -0.4 is 0 Å².